The molecule has 88 valence electrons. The normalized spacial score (nSPS) is 26.3. The Bertz CT molecular complexity index is 201. The Morgan fingerprint density at radius 3 is 2.53 bits per heavy atom. The van der Waals surface area contributed by atoms with E-state index in [9.17, 15) is 4.79 Å². The van der Waals surface area contributed by atoms with Gasteiger partial charge in [0.05, 0.1) is 0 Å². The second-order valence-corrected chi connectivity index (χ2v) is 4.21. The number of nitrogens with two attached hydrogens (primary N) is 1. The van der Waals surface area contributed by atoms with Crippen molar-refractivity contribution in [2.45, 2.75) is 44.7 Å². The minimum absolute atomic E-state index is 0.0809. The number of likely N-dealkylation sites (N-methyl/N-ethyl adjacent to an activating group) is 1. The number of amides is 1. The molecule has 0 unspecified atom stereocenters. The van der Waals surface area contributed by atoms with E-state index in [2.05, 4.69) is 0 Å². The lowest BCUT2D eigenvalue weighted by Crippen LogP contribution is -2.43. The molecule has 1 fully saturated rings. The number of nitrogens with zero attached hydrogens (tertiary/aromatic N) is 1. The maximum atomic E-state index is 11.7. The van der Waals surface area contributed by atoms with E-state index in [0.717, 1.165) is 25.7 Å². The molecular formula is C11H22N2O2. The van der Waals surface area contributed by atoms with Gasteiger partial charge in [-0.15, -0.1) is 0 Å². The highest BCUT2D eigenvalue weighted by Gasteiger charge is 2.24. The third kappa shape index (κ3) is 3.80. The Labute approximate surface area is 91.8 Å². The minimum atomic E-state index is 0.0809. The maximum absolute atomic E-state index is 11.7. The number of carbonyl (C=O) groups excluding carboxylic acids is 1. The summed E-state index contributed by atoms with van der Waals surface area (Å²) in [6.45, 7) is 2.69. The molecule has 1 aliphatic rings. The molecule has 15 heavy (non-hydrogen) atoms. The summed E-state index contributed by atoms with van der Waals surface area (Å²) in [6, 6.07) is 0.689. The highest BCUT2D eigenvalue weighted by atomic mass is 16.5. The molecule has 0 spiro atoms. The monoisotopic (exact) mass is 214 g/mol. The van der Waals surface area contributed by atoms with Crippen molar-refractivity contribution in [3.63, 3.8) is 0 Å². The molecule has 4 heteroatoms. The van der Waals surface area contributed by atoms with Gasteiger partial charge in [0.2, 0.25) is 5.91 Å². The average molecular weight is 214 g/mol. The number of carbonyl (C=O) groups is 1. The van der Waals surface area contributed by atoms with Crippen molar-refractivity contribution in [3.05, 3.63) is 0 Å². The van der Waals surface area contributed by atoms with Gasteiger partial charge in [0, 0.05) is 25.7 Å². The lowest BCUT2D eigenvalue weighted by atomic mass is 9.91. The van der Waals surface area contributed by atoms with Gasteiger partial charge in [-0.05, 0) is 32.6 Å². The SMILES string of the molecule is CCOCC(=O)N(C)C1CCC(N)CC1. The van der Waals surface area contributed by atoms with E-state index < -0.39 is 0 Å². The Hall–Kier alpha value is -0.610. The lowest BCUT2D eigenvalue weighted by Gasteiger charge is -2.33. The van der Waals surface area contributed by atoms with E-state index in [-0.39, 0.29) is 12.5 Å². The zero-order valence-electron chi connectivity index (χ0n) is 9.74. The van der Waals surface area contributed by atoms with Crippen LogP contribution in [0.5, 0.6) is 0 Å². The van der Waals surface area contributed by atoms with Crippen molar-refractivity contribution >= 4 is 5.91 Å². The van der Waals surface area contributed by atoms with Crippen molar-refractivity contribution in [3.8, 4) is 0 Å². The van der Waals surface area contributed by atoms with Gasteiger partial charge < -0.3 is 15.4 Å². The van der Waals surface area contributed by atoms with Crippen LogP contribution in [0.15, 0.2) is 0 Å². The van der Waals surface area contributed by atoms with E-state index in [1.165, 1.54) is 0 Å². The molecule has 4 nitrogen and oxygen atoms in total. The molecule has 1 rings (SSSR count). The summed E-state index contributed by atoms with van der Waals surface area (Å²) in [5, 5.41) is 0. The standard InChI is InChI=1S/C11H22N2O2/c1-3-15-8-11(14)13(2)10-6-4-9(12)5-7-10/h9-10H,3-8,12H2,1-2H3. The molecule has 1 aliphatic carbocycles. The molecule has 0 saturated heterocycles. The summed E-state index contributed by atoms with van der Waals surface area (Å²) in [5.41, 5.74) is 5.83. The van der Waals surface area contributed by atoms with Crippen LogP contribution in [0.2, 0.25) is 0 Å². The van der Waals surface area contributed by atoms with Crippen LogP contribution in [0.25, 0.3) is 0 Å². The number of ether oxygens (including phenoxy) is 1. The Morgan fingerprint density at radius 1 is 1.40 bits per heavy atom. The van der Waals surface area contributed by atoms with E-state index in [1.54, 1.807) is 0 Å². The number of hydrogen-bond acceptors (Lipinski definition) is 3. The molecular weight excluding hydrogens is 192 g/mol. The van der Waals surface area contributed by atoms with Crippen molar-refractivity contribution in [2.75, 3.05) is 20.3 Å². The second-order valence-electron chi connectivity index (χ2n) is 4.21. The Morgan fingerprint density at radius 2 is 2.00 bits per heavy atom. The molecule has 0 aliphatic heterocycles. The van der Waals surface area contributed by atoms with E-state index in [0.29, 0.717) is 18.7 Å². The highest BCUT2D eigenvalue weighted by molar-refractivity contribution is 5.77. The van der Waals surface area contributed by atoms with E-state index in [1.807, 2.05) is 18.9 Å². The van der Waals surface area contributed by atoms with Crippen LogP contribution < -0.4 is 5.73 Å². The van der Waals surface area contributed by atoms with Crippen molar-refractivity contribution in [1.82, 2.24) is 4.90 Å². The molecule has 0 atom stereocenters. The zero-order chi connectivity index (χ0) is 11.3. The van der Waals surface area contributed by atoms with Gasteiger partial charge in [0.15, 0.2) is 0 Å². The summed E-state index contributed by atoms with van der Waals surface area (Å²) < 4.78 is 5.11. The molecule has 1 amide bonds. The number of hydrogen-bond donors (Lipinski definition) is 1. The molecule has 0 aromatic rings. The molecule has 0 aromatic carbocycles. The minimum Gasteiger partial charge on any atom is -0.372 e. The topological polar surface area (TPSA) is 55.6 Å². The van der Waals surface area contributed by atoms with Gasteiger partial charge in [0.25, 0.3) is 0 Å². The smallest absolute Gasteiger partial charge is 0.248 e. The van der Waals surface area contributed by atoms with E-state index in [4.69, 9.17) is 10.5 Å². The van der Waals surface area contributed by atoms with Crippen LogP contribution in [-0.4, -0.2) is 43.2 Å². The van der Waals surface area contributed by atoms with Crippen LogP contribution in [0, 0.1) is 0 Å². The molecule has 0 radical (unpaired) electrons. The van der Waals surface area contributed by atoms with Crippen LogP contribution >= 0.6 is 0 Å². The van der Waals surface area contributed by atoms with Crippen LogP contribution in [0.4, 0.5) is 0 Å². The molecule has 2 N–H and O–H groups in total. The van der Waals surface area contributed by atoms with Gasteiger partial charge in [-0.1, -0.05) is 0 Å². The first-order valence-corrected chi connectivity index (χ1v) is 5.74. The molecule has 0 aromatic heterocycles. The predicted octanol–water partition coefficient (Wildman–Crippen LogP) is 0.751. The summed E-state index contributed by atoms with van der Waals surface area (Å²) in [5.74, 6) is 0.0809. The van der Waals surface area contributed by atoms with Gasteiger partial charge >= 0.3 is 0 Å². The quantitative estimate of drug-likeness (QED) is 0.751. The van der Waals surface area contributed by atoms with Crippen molar-refractivity contribution < 1.29 is 9.53 Å². The number of rotatable bonds is 4. The third-order valence-electron chi connectivity index (χ3n) is 3.11. The maximum Gasteiger partial charge on any atom is 0.248 e. The van der Waals surface area contributed by atoms with Crippen LogP contribution in [0.1, 0.15) is 32.6 Å². The van der Waals surface area contributed by atoms with E-state index >= 15 is 0 Å². The summed E-state index contributed by atoms with van der Waals surface area (Å²) in [4.78, 5) is 13.5. The summed E-state index contributed by atoms with van der Waals surface area (Å²) >= 11 is 0. The van der Waals surface area contributed by atoms with Gasteiger partial charge in [0.1, 0.15) is 6.61 Å². The highest BCUT2D eigenvalue weighted by Crippen LogP contribution is 2.21. The van der Waals surface area contributed by atoms with Crippen LogP contribution in [0.3, 0.4) is 0 Å². The second kappa shape index (κ2) is 6.08. The fourth-order valence-corrected chi connectivity index (χ4v) is 1.98. The average Bonchev–Trinajstić information content (AvgIpc) is 2.26. The fraction of sp³-hybridized carbons (Fsp3) is 0.909. The van der Waals surface area contributed by atoms with Crippen molar-refractivity contribution in [2.24, 2.45) is 5.73 Å². The predicted molar refractivity (Wildman–Crippen MR) is 59.5 cm³/mol. The fourth-order valence-electron chi connectivity index (χ4n) is 1.98. The molecule has 0 heterocycles. The first-order valence-electron chi connectivity index (χ1n) is 5.74. The summed E-state index contributed by atoms with van der Waals surface area (Å²) in [6.07, 6.45) is 4.10. The van der Waals surface area contributed by atoms with Crippen LogP contribution in [-0.2, 0) is 9.53 Å². The van der Waals surface area contributed by atoms with Gasteiger partial charge in [-0.3, -0.25) is 4.79 Å². The Kier molecular flexibility index (Phi) is 5.05. The van der Waals surface area contributed by atoms with Gasteiger partial charge in [-0.2, -0.15) is 0 Å². The molecule has 0 bridgehead atoms. The Balaban J connectivity index is 2.32. The van der Waals surface area contributed by atoms with Crippen molar-refractivity contribution in [1.29, 1.82) is 0 Å². The third-order valence-corrected chi connectivity index (χ3v) is 3.11. The largest absolute Gasteiger partial charge is 0.372 e. The summed E-state index contributed by atoms with van der Waals surface area (Å²) in [7, 11) is 1.86. The first kappa shape index (κ1) is 12.5. The molecule has 1 saturated carbocycles. The first-order chi connectivity index (χ1) is 7.15. The lowest BCUT2D eigenvalue weighted by molar-refractivity contribution is -0.137. The van der Waals surface area contributed by atoms with Gasteiger partial charge in [-0.25, -0.2) is 0 Å². The zero-order valence-corrected chi connectivity index (χ0v) is 9.74.